The second-order valence-corrected chi connectivity index (χ2v) is 1.87. The van der Waals surface area contributed by atoms with Crippen LogP contribution in [0.4, 0.5) is 0 Å². The fourth-order valence-electron chi connectivity index (χ4n) is 0.699. The molecule has 0 amide bonds. The molecular weight excluding hydrogens is 150 g/mol. The number of methoxy groups -OCH3 is 1. The van der Waals surface area contributed by atoms with E-state index in [4.69, 9.17) is 5.11 Å². The normalized spacial score (nSPS) is 12.8. The SMILES string of the molecule is CO[C@@H](C(=O)O)c1cocn1. The molecule has 1 aromatic heterocycles. The van der Waals surface area contributed by atoms with Crippen LogP contribution in [0.1, 0.15) is 11.8 Å². The van der Waals surface area contributed by atoms with Crippen LogP contribution in [0.25, 0.3) is 0 Å². The van der Waals surface area contributed by atoms with Crippen molar-refractivity contribution in [2.75, 3.05) is 7.11 Å². The molecule has 5 heteroatoms. The van der Waals surface area contributed by atoms with Crippen LogP contribution in [0.2, 0.25) is 0 Å². The molecule has 1 rings (SSSR count). The van der Waals surface area contributed by atoms with Gasteiger partial charge in [-0.25, -0.2) is 9.78 Å². The molecule has 1 aromatic rings. The molecule has 0 aliphatic rings. The van der Waals surface area contributed by atoms with Gasteiger partial charge < -0.3 is 14.3 Å². The first kappa shape index (κ1) is 7.74. The van der Waals surface area contributed by atoms with Crippen LogP contribution < -0.4 is 0 Å². The number of aliphatic carboxylic acids is 1. The second kappa shape index (κ2) is 3.16. The molecule has 0 saturated carbocycles. The Balaban J connectivity index is 2.79. The summed E-state index contributed by atoms with van der Waals surface area (Å²) in [5, 5.41) is 8.54. The van der Waals surface area contributed by atoms with E-state index in [1.54, 1.807) is 0 Å². The molecule has 0 spiro atoms. The molecule has 5 nitrogen and oxygen atoms in total. The summed E-state index contributed by atoms with van der Waals surface area (Å²) in [4.78, 5) is 14.1. The highest BCUT2D eigenvalue weighted by Gasteiger charge is 2.21. The molecule has 0 radical (unpaired) electrons. The minimum Gasteiger partial charge on any atom is -0.479 e. The van der Waals surface area contributed by atoms with Gasteiger partial charge in [-0.15, -0.1) is 0 Å². The number of hydrogen-bond acceptors (Lipinski definition) is 4. The minimum atomic E-state index is -1.08. The van der Waals surface area contributed by atoms with Crippen LogP contribution in [0.3, 0.4) is 0 Å². The Morgan fingerprint density at radius 1 is 1.91 bits per heavy atom. The first-order chi connectivity index (χ1) is 5.25. The zero-order valence-electron chi connectivity index (χ0n) is 5.85. The lowest BCUT2D eigenvalue weighted by Crippen LogP contribution is -2.13. The Labute approximate surface area is 62.6 Å². The quantitative estimate of drug-likeness (QED) is 0.689. The van der Waals surface area contributed by atoms with Crippen molar-refractivity contribution in [3.05, 3.63) is 18.4 Å². The highest BCUT2D eigenvalue weighted by atomic mass is 16.5. The smallest absolute Gasteiger partial charge is 0.339 e. The van der Waals surface area contributed by atoms with E-state index < -0.39 is 12.1 Å². The van der Waals surface area contributed by atoms with E-state index in [2.05, 4.69) is 14.1 Å². The van der Waals surface area contributed by atoms with Gasteiger partial charge in [0.05, 0.1) is 0 Å². The average Bonchev–Trinajstić information content (AvgIpc) is 2.40. The molecule has 0 saturated heterocycles. The lowest BCUT2D eigenvalue weighted by Gasteiger charge is -2.04. The second-order valence-electron chi connectivity index (χ2n) is 1.87. The largest absolute Gasteiger partial charge is 0.479 e. The molecule has 0 aromatic carbocycles. The minimum absolute atomic E-state index is 0.264. The van der Waals surface area contributed by atoms with Gasteiger partial charge in [0.25, 0.3) is 0 Å². The maximum absolute atomic E-state index is 10.4. The molecule has 60 valence electrons. The summed E-state index contributed by atoms with van der Waals surface area (Å²) in [5.41, 5.74) is 0.264. The van der Waals surface area contributed by atoms with Crippen molar-refractivity contribution in [3.8, 4) is 0 Å². The van der Waals surface area contributed by atoms with Crippen molar-refractivity contribution in [2.45, 2.75) is 6.10 Å². The van der Waals surface area contributed by atoms with Crippen molar-refractivity contribution in [1.82, 2.24) is 4.98 Å². The first-order valence-corrected chi connectivity index (χ1v) is 2.89. The third-order valence-electron chi connectivity index (χ3n) is 1.18. The lowest BCUT2D eigenvalue weighted by molar-refractivity contribution is -0.149. The molecule has 0 unspecified atom stereocenters. The van der Waals surface area contributed by atoms with E-state index in [9.17, 15) is 4.79 Å². The number of carboxylic acid groups (broad SMARTS) is 1. The first-order valence-electron chi connectivity index (χ1n) is 2.89. The van der Waals surface area contributed by atoms with E-state index in [0.29, 0.717) is 0 Å². The number of oxazole rings is 1. The maximum Gasteiger partial charge on any atom is 0.339 e. The van der Waals surface area contributed by atoms with Gasteiger partial charge in [0, 0.05) is 7.11 Å². The predicted octanol–water partition coefficient (Wildman–Crippen LogP) is 0.447. The van der Waals surface area contributed by atoms with E-state index in [-0.39, 0.29) is 5.69 Å². The Kier molecular flexibility index (Phi) is 2.22. The molecule has 1 heterocycles. The van der Waals surface area contributed by atoms with Crippen molar-refractivity contribution in [3.63, 3.8) is 0 Å². The van der Waals surface area contributed by atoms with E-state index >= 15 is 0 Å². The molecule has 11 heavy (non-hydrogen) atoms. The Hall–Kier alpha value is -1.36. The topological polar surface area (TPSA) is 72.6 Å². The molecule has 0 fully saturated rings. The Morgan fingerprint density at radius 2 is 2.64 bits per heavy atom. The van der Waals surface area contributed by atoms with Crippen LogP contribution in [-0.2, 0) is 9.53 Å². The molecule has 0 aliphatic carbocycles. The summed E-state index contributed by atoms with van der Waals surface area (Å²) >= 11 is 0. The molecular formula is C6H7NO4. The number of carbonyl (C=O) groups is 1. The van der Waals surface area contributed by atoms with Crippen LogP contribution in [0.15, 0.2) is 17.1 Å². The standard InChI is InChI=1S/C6H7NO4/c1-10-5(6(8)9)4-2-11-3-7-4/h2-3,5H,1H3,(H,8,9)/t5-/m1/s1. The van der Waals surface area contributed by atoms with Gasteiger partial charge in [-0.1, -0.05) is 0 Å². The molecule has 0 bridgehead atoms. The van der Waals surface area contributed by atoms with Gasteiger partial charge in [0.1, 0.15) is 12.0 Å². The summed E-state index contributed by atoms with van der Waals surface area (Å²) < 4.78 is 9.23. The van der Waals surface area contributed by atoms with Gasteiger partial charge in [0.15, 0.2) is 12.5 Å². The van der Waals surface area contributed by atoms with Gasteiger partial charge >= 0.3 is 5.97 Å². The molecule has 1 atom stereocenters. The number of aromatic nitrogens is 1. The molecule has 1 N–H and O–H groups in total. The third kappa shape index (κ3) is 1.56. The monoisotopic (exact) mass is 157 g/mol. The van der Waals surface area contributed by atoms with Crippen LogP contribution in [0, 0.1) is 0 Å². The van der Waals surface area contributed by atoms with Gasteiger partial charge in [-0.05, 0) is 0 Å². The molecule has 0 aliphatic heterocycles. The predicted molar refractivity (Wildman–Crippen MR) is 33.9 cm³/mol. The number of ether oxygens (including phenoxy) is 1. The Morgan fingerprint density at radius 3 is 3.00 bits per heavy atom. The average molecular weight is 157 g/mol. The fourth-order valence-corrected chi connectivity index (χ4v) is 0.699. The fraction of sp³-hybridized carbons (Fsp3) is 0.333. The van der Waals surface area contributed by atoms with Crippen molar-refractivity contribution in [1.29, 1.82) is 0 Å². The highest BCUT2D eigenvalue weighted by Crippen LogP contribution is 2.13. The lowest BCUT2D eigenvalue weighted by atomic mass is 10.3. The zero-order valence-corrected chi connectivity index (χ0v) is 5.85. The van der Waals surface area contributed by atoms with Crippen molar-refractivity contribution < 1.29 is 19.1 Å². The number of hydrogen-bond donors (Lipinski definition) is 1. The van der Waals surface area contributed by atoms with Crippen LogP contribution in [0.5, 0.6) is 0 Å². The van der Waals surface area contributed by atoms with Gasteiger partial charge in [-0.3, -0.25) is 0 Å². The zero-order chi connectivity index (χ0) is 8.27. The number of rotatable bonds is 3. The van der Waals surface area contributed by atoms with Crippen LogP contribution >= 0.6 is 0 Å². The summed E-state index contributed by atoms with van der Waals surface area (Å²) in [5.74, 6) is -1.08. The van der Waals surface area contributed by atoms with E-state index in [0.717, 1.165) is 6.39 Å². The van der Waals surface area contributed by atoms with Crippen molar-refractivity contribution in [2.24, 2.45) is 0 Å². The summed E-state index contributed by atoms with van der Waals surface area (Å²) in [6, 6.07) is 0. The summed E-state index contributed by atoms with van der Waals surface area (Å²) in [6.07, 6.45) is 1.36. The van der Waals surface area contributed by atoms with Crippen molar-refractivity contribution >= 4 is 5.97 Å². The Bertz CT molecular complexity index is 231. The number of nitrogens with zero attached hydrogens (tertiary/aromatic N) is 1. The maximum atomic E-state index is 10.4. The van der Waals surface area contributed by atoms with E-state index in [1.807, 2.05) is 0 Å². The van der Waals surface area contributed by atoms with Gasteiger partial charge in [0.2, 0.25) is 0 Å². The summed E-state index contributed by atoms with van der Waals surface area (Å²) in [7, 11) is 1.30. The van der Waals surface area contributed by atoms with E-state index in [1.165, 1.54) is 13.4 Å². The number of carboxylic acids is 1. The van der Waals surface area contributed by atoms with Crippen LogP contribution in [-0.4, -0.2) is 23.2 Å². The van der Waals surface area contributed by atoms with Gasteiger partial charge in [-0.2, -0.15) is 0 Å². The third-order valence-corrected chi connectivity index (χ3v) is 1.18. The highest BCUT2D eigenvalue weighted by molar-refractivity contribution is 5.73. The summed E-state index contributed by atoms with van der Waals surface area (Å²) in [6.45, 7) is 0.